The molecule has 1 fully saturated rings. The lowest BCUT2D eigenvalue weighted by Gasteiger charge is -2.31. The van der Waals surface area contributed by atoms with Crippen LogP contribution in [0.4, 0.5) is 4.39 Å². The molecule has 1 aromatic rings. The molecule has 2 rings (SSSR count). The Morgan fingerprint density at radius 2 is 1.80 bits per heavy atom. The second-order valence-corrected chi connectivity index (χ2v) is 7.52. The first-order valence-electron chi connectivity index (χ1n) is 7.75. The van der Waals surface area contributed by atoms with Crippen molar-refractivity contribution in [3.05, 3.63) is 35.6 Å². The molecule has 0 aliphatic heterocycles. The molecule has 1 aromatic carbocycles. The summed E-state index contributed by atoms with van der Waals surface area (Å²) in [7, 11) is 0. The molecule has 0 spiro atoms. The van der Waals surface area contributed by atoms with Crippen molar-refractivity contribution in [3.63, 3.8) is 0 Å². The topological polar surface area (TPSA) is 20.2 Å². The van der Waals surface area contributed by atoms with E-state index in [4.69, 9.17) is 0 Å². The Kier molecular flexibility index (Phi) is 4.53. The molecule has 0 radical (unpaired) electrons. The van der Waals surface area contributed by atoms with E-state index in [-0.39, 0.29) is 5.82 Å². The molecule has 2 heteroatoms. The van der Waals surface area contributed by atoms with Crippen LogP contribution in [0.1, 0.15) is 58.4 Å². The lowest BCUT2D eigenvalue weighted by atomic mass is 9.76. The Morgan fingerprint density at radius 1 is 1.15 bits per heavy atom. The second-order valence-electron chi connectivity index (χ2n) is 7.52. The van der Waals surface area contributed by atoms with Gasteiger partial charge in [-0.15, -0.1) is 0 Å². The number of aliphatic hydroxyl groups is 1. The van der Waals surface area contributed by atoms with Crippen molar-refractivity contribution in [1.29, 1.82) is 0 Å². The fourth-order valence-electron chi connectivity index (χ4n) is 3.41. The van der Waals surface area contributed by atoms with Crippen LogP contribution in [0.2, 0.25) is 0 Å². The molecule has 20 heavy (non-hydrogen) atoms. The van der Waals surface area contributed by atoms with Crippen LogP contribution in [0.5, 0.6) is 0 Å². The fourth-order valence-corrected chi connectivity index (χ4v) is 3.41. The third kappa shape index (κ3) is 4.05. The highest BCUT2D eigenvalue weighted by Crippen LogP contribution is 2.40. The van der Waals surface area contributed by atoms with Gasteiger partial charge in [-0.3, -0.25) is 0 Å². The average Bonchev–Trinajstić information content (AvgIpc) is 2.54. The van der Waals surface area contributed by atoms with Crippen molar-refractivity contribution in [2.24, 2.45) is 11.3 Å². The van der Waals surface area contributed by atoms with E-state index in [1.165, 1.54) is 18.6 Å². The Labute approximate surface area is 122 Å². The van der Waals surface area contributed by atoms with Gasteiger partial charge in [0, 0.05) is 6.42 Å². The molecule has 2 unspecified atom stereocenters. The molecule has 0 bridgehead atoms. The van der Waals surface area contributed by atoms with Crippen molar-refractivity contribution in [2.45, 2.75) is 64.9 Å². The smallest absolute Gasteiger partial charge is 0.123 e. The molecule has 0 amide bonds. The minimum absolute atomic E-state index is 0.214. The van der Waals surface area contributed by atoms with E-state index < -0.39 is 5.60 Å². The molecular weight excluding hydrogens is 251 g/mol. The summed E-state index contributed by atoms with van der Waals surface area (Å²) in [6, 6.07) is 6.54. The van der Waals surface area contributed by atoms with Crippen molar-refractivity contribution >= 4 is 0 Å². The minimum Gasteiger partial charge on any atom is -0.390 e. The molecule has 1 nitrogen and oxygen atoms in total. The first-order chi connectivity index (χ1) is 9.28. The van der Waals surface area contributed by atoms with Crippen molar-refractivity contribution in [3.8, 4) is 0 Å². The van der Waals surface area contributed by atoms with Gasteiger partial charge in [-0.2, -0.15) is 0 Å². The molecular formula is C18H27FO. The lowest BCUT2D eigenvalue weighted by Crippen LogP contribution is -2.31. The maximum absolute atomic E-state index is 12.9. The van der Waals surface area contributed by atoms with Crippen LogP contribution in [0.3, 0.4) is 0 Å². The zero-order valence-corrected chi connectivity index (χ0v) is 13.0. The second kappa shape index (κ2) is 5.85. The van der Waals surface area contributed by atoms with E-state index >= 15 is 0 Å². The van der Waals surface area contributed by atoms with Crippen LogP contribution in [0, 0.1) is 17.2 Å². The van der Waals surface area contributed by atoms with Gasteiger partial charge in [0.1, 0.15) is 5.82 Å². The summed E-state index contributed by atoms with van der Waals surface area (Å²) >= 11 is 0. The van der Waals surface area contributed by atoms with Gasteiger partial charge >= 0.3 is 0 Å². The van der Waals surface area contributed by atoms with Crippen LogP contribution in [-0.4, -0.2) is 10.7 Å². The highest BCUT2D eigenvalue weighted by molar-refractivity contribution is 5.18. The third-order valence-electron chi connectivity index (χ3n) is 4.82. The van der Waals surface area contributed by atoms with E-state index in [1.807, 2.05) is 0 Å². The predicted molar refractivity (Wildman–Crippen MR) is 81.1 cm³/mol. The number of rotatable bonds is 2. The monoisotopic (exact) mass is 278 g/mol. The average molecular weight is 278 g/mol. The van der Waals surface area contributed by atoms with Gasteiger partial charge in [0.2, 0.25) is 0 Å². The zero-order chi connectivity index (χ0) is 14.8. The Balaban J connectivity index is 2.02. The van der Waals surface area contributed by atoms with Gasteiger partial charge in [0.25, 0.3) is 0 Å². The first-order valence-corrected chi connectivity index (χ1v) is 7.75. The summed E-state index contributed by atoms with van der Waals surface area (Å²) in [6.07, 6.45) is 5.73. The van der Waals surface area contributed by atoms with Gasteiger partial charge in [0.05, 0.1) is 5.60 Å². The molecule has 2 atom stereocenters. The first kappa shape index (κ1) is 15.5. The fraction of sp³-hybridized carbons (Fsp3) is 0.667. The number of benzene rings is 1. The number of halogens is 1. The largest absolute Gasteiger partial charge is 0.390 e. The minimum atomic E-state index is -0.613. The summed E-state index contributed by atoms with van der Waals surface area (Å²) in [4.78, 5) is 0. The van der Waals surface area contributed by atoms with Gasteiger partial charge in [-0.25, -0.2) is 4.39 Å². The Morgan fingerprint density at radius 3 is 2.40 bits per heavy atom. The van der Waals surface area contributed by atoms with Crippen LogP contribution >= 0.6 is 0 Å². The predicted octanol–water partition coefficient (Wildman–Crippen LogP) is 4.73. The molecule has 0 aromatic heterocycles. The molecule has 0 heterocycles. The van der Waals surface area contributed by atoms with Crippen molar-refractivity contribution in [1.82, 2.24) is 0 Å². The standard InChI is InChI=1S/C18H27FO/c1-17(2,3)15-5-4-11-18(20,12-10-15)13-14-6-8-16(19)9-7-14/h6-9,15,20H,4-5,10-13H2,1-3H3. The zero-order valence-electron chi connectivity index (χ0n) is 13.0. The number of hydrogen-bond acceptors (Lipinski definition) is 1. The van der Waals surface area contributed by atoms with E-state index in [0.717, 1.165) is 31.2 Å². The lowest BCUT2D eigenvalue weighted by molar-refractivity contribution is 0.0225. The summed E-state index contributed by atoms with van der Waals surface area (Å²) in [5.74, 6) is 0.471. The molecule has 1 aliphatic carbocycles. The summed E-state index contributed by atoms with van der Waals surface area (Å²) in [5, 5.41) is 10.9. The summed E-state index contributed by atoms with van der Waals surface area (Å²) in [5.41, 5.74) is 0.738. The molecule has 1 saturated carbocycles. The molecule has 0 saturated heterocycles. The summed E-state index contributed by atoms with van der Waals surface area (Å²) in [6.45, 7) is 6.88. The van der Waals surface area contributed by atoms with Crippen molar-refractivity contribution in [2.75, 3.05) is 0 Å². The van der Waals surface area contributed by atoms with Gasteiger partial charge in [0.15, 0.2) is 0 Å². The maximum atomic E-state index is 12.9. The van der Waals surface area contributed by atoms with Crippen LogP contribution < -0.4 is 0 Å². The normalized spacial score (nSPS) is 28.1. The van der Waals surface area contributed by atoms with Crippen LogP contribution in [0.25, 0.3) is 0 Å². The Hall–Kier alpha value is -0.890. The van der Waals surface area contributed by atoms with Gasteiger partial charge < -0.3 is 5.11 Å². The van der Waals surface area contributed by atoms with Gasteiger partial charge in [-0.05, 0) is 54.7 Å². The molecule has 112 valence electrons. The van der Waals surface area contributed by atoms with Gasteiger partial charge in [-0.1, -0.05) is 39.3 Å². The SMILES string of the molecule is CC(C)(C)C1CCCC(O)(Cc2ccc(F)cc2)CC1. The molecule has 1 N–H and O–H groups in total. The molecule has 1 aliphatic rings. The van der Waals surface area contributed by atoms with Crippen LogP contribution in [0.15, 0.2) is 24.3 Å². The highest BCUT2D eigenvalue weighted by atomic mass is 19.1. The van der Waals surface area contributed by atoms with E-state index in [1.54, 1.807) is 12.1 Å². The van der Waals surface area contributed by atoms with Crippen LogP contribution in [-0.2, 0) is 6.42 Å². The quantitative estimate of drug-likeness (QED) is 0.776. The maximum Gasteiger partial charge on any atom is 0.123 e. The van der Waals surface area contributed by atoms with E-state index in [2.05, 4.69) is 20.8 Å². The Bertz CT molecular complexity index is 432. The van der Waals surface area contributed by atoms with E-state index in [9.17, 15) is 9.50 Å². The third-order valence-corrected chi connectivity index (χ3v) is 4.82. The summed E-state index contributed by atoms with van der Waals surface area (Å²) < 4.78 is 12.9. The van der Waals surface area contributed by atoms with E-state index in [0.29, 0.717) is 17.8 Å². The van der Waals surface area contributed by atoms with Crippen molar-refractivity contribution < 1.29 is 9.50 Å². The number of hydrogen-bond donors (Lipinski definition) is 1. The highest BCUT2D eigenvalue weighted by Gasteiger charge is 2.34.